The molecule has 0 saturated heterocycles. The molecule has 0 heterocycles. The highest BCUT2D eigenvalue weighted by molar-refractivity contribution is 6.11. The Morgan fingerprint density at radius 1 is 0.917 bits per heavy atom. The van der Waals surface area contributed by atoms with Gasteiger partial charge >= 0.3 is 0 Å². The van der Waals surface area contributed by atoms with Crippen molar-refractivity contribution in [2.75, 3.05) is 14.2 Å². The molecule has 2 aromatic rings. The molecule has 24 heavy (non-hydrogen) atoms. The lowest BCUT2D eigenvalue weighted by Gasteiger charge is -2.13. The van der Waals surface area contributed by atoms with Gasteiger partial charge < -0.3 is 9.47 Å². The summed E-state index contributed by atoms with van der Waals surface area (Å²) in [4.78, 5) is 13.1. The summed E-state index contributed by atoms with van der Waals surface area (Å²) in [6.45, 7) is 4.13. The van der Waals surface area contributed by atoms with E-state index in [1.807, 2.05) is 43.3 Å². The van der Waals surface area contributed by atoms with Gasteiger partial charge in [0.1, 0.15) is 11.5 Å². The Morgan fingerprint density at radius 3 is 2.17 bits per heavy atom. The first kappa shape index (κ1) is 18.1. The van der Waals surface area contributed by atoms with Crippen molar-refractivity contribution in [3.8, 4) is 11.5 Å². The Kier molecular flexibility index (Phi) is 6.42. The summed E-state index contributed by atoms with van der Waals surface area (Å²) in [5, 5.41) is 0. The van der Waals surface area contributed by atoms with Crippen LogP contribution in [0.25, 0.3) is 0 Å². The van der Waals surface area contributed by atoms with Gasteiger partial charge in [-0.25, -0.2) is 0 Å². The lowest BCUT2D eigenvalue weighted by molar-refractivity contribution is 0.103. The highest BCUT2D eigenvalue weighted by Crippen LogP contribution is 2.26. The normalized spacial score (nSPS) is 10.5. The zero-order valence-corrected chi connectivity index (χ0v) is 15.0. The van der Waals surface area contributed by atoms with Gasteiger partial charge in [-0.15, -0.1) is 0 Å². The number of aryl methyl sites for hydroxylation is 2. The van der Waals surface area contributed by atoms with Crippen LogP contribution < -0.4 is 9.47 Å². The van der Waals surface area contributed by atoms with E-state index in [2.05, 4.69) is 6.92 Å². The van der Waals surface area contributed by atoms with E-state index in [1.165, 1.54) is 0 Å². The molecule has 0 aliphatic heterocycles. The number of carbonyl (C=O) groups excluding carboxylic acids is 1. The van der Waals surface area contributed by atoms with Crippen LogP contribution in [0.15, 0.2) is 36.4 Å². The van der Waals surface area contributed by atoms with Crippen LogP contribution in [-0.4, -0.2) is 20.0 Å². The highest BCUT2D eigenvalue weighted by Gasteiger charge is 2.17. The number of ether oxygens (including phenoxy) is 2. The maximum absolute atomic E-state index is 13.1. The first-order chi connectivity index (χ1) is 11.6. The maximum Gasteiger partial charge on any atom is 0.193 e. The van der Waals surface area contributed by atoms with E-state index in [0.29, 0.717) is 17.1 Å². The molecular formula is C21H26O3. The first-order valence-electron chi connectivity index (χ1n) is 8.47. The van der Waals surface area contributed by atoms with Gasteiger partial charge in [-0.3, -0.25) is 4.79 Å². The van der Waals surface area contributed by atoms with Crippen molar-refractivity contribution in [1.82, 2.24) is 0 Å². The Hall–Kier alpha value is -2.29. The molecule has 0 aliphatic carbocycles. The van der Waals surface area contributed by atoms with Gasteiger partial charge in [0.05, 0.1) is 14.2 Å². The lowest BCUT2D eigenvalue weighted by Crippen LogP contribution is -2.08. The van der Waals surface area contributed by atoms with Gasteiger partial charge in [-0.05, 0) is 55.2 Å². The van der Waals surface area contributed by atoms with Crippen molar-refractivity contribution >= 4 is 5.78 Å². The zero-order chi connectivity index (χ0) is 17.5. The predicted molar refractivity (Wildman–Crippen MR) is 97.4 cm³/mol. The fraction of sp³-hybridized carbons (Fsp3) is 0.381. The van der Waals surface area contributed by atoms with E-state index in [9.17, 15) is 4.79 Å². The van der Waals surface area contributed by atoms with Gasteiger partial charge in [0.25, 0.3) is 0 Å². The Morgan fingerprint density at radius 2 is 1.54 bits per heavy atom. The van der Waals surface area contributed by atoms with Gasteiger partial charge in [0, 0.05) is 11.1 Å². The van der Waals surface area contributed by atoms with Gasteiger partial charge in [-0.2, -0.15) is 0 Å². The standard InChI is InChI=1S/C21H26O3/c1-5-6-7-8-16-10-12-18(24-4)14-20(16)21(22)19-13-17(23-3)11-9-15(19)2/h9-14H,5-8H2,1-4H3. The Labute approximate surface area is 144 Å². The topological polar surface area (TPSA) is 35.5 Å². The largest absolute Gasteiger partial charge is 0.497 e. The summed E-state index contributed by atoms with van der Waals surface area (Å²) in [5.74, 6) is 1.43. The molecule has 0 atom stereocenters. The van der Waals surface area contributed by atoms with E-state index < -0.39 is 0 Å². The molecule has 0 aromatic heterocycles. The van der Waals surface area contributed by atoms with E-state index in [0.717, 1.165) is 42.4 Å². The van der Waals surface area contributed by atoms with Crippen LogP contribution in [0, 0.1) is 6.92 Å². The smallest absolute Gasteiger partial charge is 0.193 e. The van der Waals surface area contributed by atoms with Crippen molar-refractivity contribution in [2.24, 2.45) is 0 Å². The number of carbonyl (C=O) groups is 1. The minimum absolute atomic E-state index is 0.0248. The van der Waals surface area contributed by atoms with Crippen molar-refractivity contribution in [1.29, 1.82) is 0 Å². The summed E-state index contributed by atoms with van der Waals surface area (Å²) in [6, 6.07) is 11.4. The molecule has 3 nitrogen and oxygen atoms in total. The SMILES string of the molecule is CCCCCc1ccc(OC)cc1C(=O)c1cc(OC)ccc1C. The van der Waals surface area contributed by atoms with Crippen LogP contribution in [-0.2, 0) is 6.42 Å². The molecule has 0 bridgehead atoms. The van der Waals surface area contributed by atoms with Crippen LogP contribution in [0.1, 0.15) is 53.2 Å². The fourth-order valence-electron chi connectivity index (χ4n) is 2.80. The summed E-state index contributed by atoms with van der Waals surface area (Å²) >= 11 is 0. The quantitative estimate of drug-likeness (QED) is 0.507. The van der Waals surface area contributed by atoms with Crippen LogP contribution in [0.3, 0.4) is 0 Å². The molecule has 2 rings (SSSR count). The molecule has 0 radical (unpaired) electrons. The van der Waals surface area contributed by atoms with Crippen molar-refractivity contribution in [3.05, 3.63) is 58.7 Å². The lowest BCUT2D eigenvalue weighted by atomic mass is 9.92. The van der Waals surface area contributed by atoms with Gasteiger partial charge in [0.15, 0.2) is 5.78 Å². The number of methoxy groups -OCH3 is 2. The molecular weight excluding hydrogens is 300 g/mol. The van der Waals surface area contributed by atoms with Gasteiger partial charge in [-0.1, -0.05) is 31.9 Å². The second-order valence-electron chi connectivity index (χ2n) is 5.99. The molecule has 128 valence electrons. The first-order valence-corrected chi connectivity index (χ1v) is 8.47. The van der Waals surface area contributed by atoms with E-state index in [-0.39, 0.29) is 5.78 Å². The number of benzene rings is 2. The fourth-order valence-corrected chi connectivity index (χ4v) is 2.80. The highest BCUT2D eigenvalue weighted by atomic mass is 16.5. The summed E-state index contributed by atoms with van der Waals surface area (Å²) in [7, 11) is 3.23. The number of hydrogen-bond acceptors (Lipinski definition) is 3. The molecule has 0 aliphatic rings. The van der Waals surface area contributed by atoms with E-state index >= 15 is 0 Å². The van der Waals surface area contributed by atoms with Crippen molar-refractivity contribution < 1.29 is 14.3 Å². The third-order valence-electron chi connectivity index (χ3n) is 4.30. The maximum atomic E-state index is 13.1. The Balaban J connectivity index is 2.42. The molecule has 2 aromatic carbocycles. The average molecular weight is 326 g/mol. The van der Waals surface area contributed by atoms with Crippen LogP contribution in [0.5, 0.6) is 11.5 Å². The summed E-state index contributed by atoms with van der Waals surface area (Å²) < 4.78 is 10.6. The number of rotatable bonds is 8. The van der Waals surface area contributed by atoms with Gasteiger partial charge in [0.2, 0.25) is 0 Å². The molecule has 0 saturated carbocycles. The second kappa shape index (κ2) is 8.53. The predicted octanol–water partition coefficient (Wildman–Crippen LogP) is 4.98. The number of hydrogen-bond donors (Lipinski definition) is 0. The number of unbranched alkanes of at least 4 members (excludes halogenated alkanes) is 2. The monoisotopic (exact) mass is 326 g/mol. The molecule has 0 fully saturated rings. The minimum Gasteiger partial charge on any atom is -0.497 e. The van der Waals surface area contributed by atoms with Crippen LogP contribution >= 0.6 is 0 Å². The van der Waals surface area contributed by atoms with E-state index in [1.54, 1.807) is 14.2 Å². The third kappa shape index (κ3) is 4.16. The van der Waals surface area contributed by atoms with Crippen molar-refractivity contribution in [2.45, 2.75) is 39.5 Å². The Bertz CT molecular complexity index is 704. The molecule has 0 N–H and O–H groups in total. The zero-order valence-electron chi connectivity index (χ0n) is 15.0. The average Bonchev–Trinajstić information content (AvgIpc) is 2.62. The minimum atomic E-state index is 0.0248. The molecule has 0 amide bonds. The molecule has 0 spiro atoms. The van der Waals surface area contributed by atoms with Crippen molar-refractivity contribution in [3.63, 3.8) is 0 Å². The number of ketones is 1. The second-order valence-corrected chi connectivity index (χ2v) is 5.99. The summed E-state index contributed by atoms with van der Waals surface area (Å²) in [6.07, 6.45) is 4.31. The summed E-state index contributed by atoms with van der Waals surface area (Å²) in [5.41, 5.74) is 3.43. The molecule has 3 heteroatoms. The third-order valence-corrected chi connectivity index (χ3v) is 4.30. The molecule has 0 unspecified atom stereocenters. The van der Waals surface area contributed by atoms with Crippen LogP contribution in [0.2, 0.25) is 0 Å². The van der Waals surface area contributed by atoms with E-state index in [4.69, 9.17) is 9.47 Å². The van der Waals surface area contributed by atoms with Crippen LogP contribution in [0.4, 0.5) is 0 Å².